The number of alkyl halides is 3. The van der Waals surface area contributed by atoms with Crippen molar-refractivity contribution >= 4 is 16.5 Å². The zero-order valence-electron chi connectivity index (χ0n) is 11.5. The van der Waals surface area contributed by atoms with E-state index in [2.05, 4.69) is 9.88 Å². The second kappa shape index (κ2) is 5.33. The summed E-state index contributed by atoms with van der Waals surface area (Å²) in [6.07, 6.45) is -1.76. The van der Waals surface area contributed by atoms with Crippen LogP contribution in [-0.4, -0.2) is 18.1 Å². The Hall–Kier alpha value is -1.56. The highest BCUT2D eigenvalue weighted by Gasteiger charge is 2.36. The summed E-state index contributed by atoms with van der Waals surface area (Å²) in [6, 6.07) is 5.90. The van der Waals surface area contributed by atoms with Gasteiger partial charge in [0, 0.05) is 30.1 Å². The topological polar surface area (TPSA) is 16.1 Å². The van der Waals surface area contributed by atoms with Crippen LogP contribution in [0.4, 0.5) is 18.3 Å². The predicted octanol–water partition coefficient (Wildman–Crippen LogP) is 4.46. The molecular weight excluding hydrogens is 297 g/mol. The van der Waals surface area contributed by atoms with E-state index >= 15 is 0 Å². The molecule has 1 saturated heterocycles. The molecule has 2 nitrogen and oxygen atoms in total. The van der Waals surface area contributed by atoms with E-state index in [9.17, 15) is 13.2 Å². The molecule has 0 aliphatic carbocycles. The lowest BCUT2D eigenvalue weighted by Crippen LogP contribution is -2.19. The van der Waals surface area contributed by atoms with E-state index in [-0.39, 0.29) is 5.92 Å². The van der Waals surface area contributed by atoms with E-state index in [1.165, 1.54) is 12.1 Å². The van der Waals surface area contributed by atoms with Crippen LogP contribution in [0.15, 0.2) is 30.5 Å². The van der Waals surface area contributed by atoms with Gasteiger partial charge in [0.2, 0.25) is 0 Å². The largest absolute Gasteiger partial charge is 0.416 e. The molecule has 2 heterocycles. The van der Waals surface area contributed by atoms with Crippen molar-refractivity contribution in [3.63, 3.8) is 0 Å². The average Bonchev–Trinajstić information content (AvgIpc) is 3.06. The molecule has 0 saturated carbocycles. The third kappa shape index (κ3) is 2.90. The van der Waals surface area contributed by atoms with Crippen LogP contribution in [0.5, 0.6) is 0 Å². The molecule has 0 spiro atoms. The molecule has 0 radical (unpaired) electrons. The van der Waals surface area contributed by atoms with Gasteiger partial charge < -0.3 is 4.90 Å². The van der Waals surface area contributed by atoms with Crippen LogP contribution < -0.4 is 4.90 Å². The highest BCUT2D eigenvalue weighted by atomic mass is 32.1. The minimum absolute atomic E-state index is 0.0907. The lowest BCUT2D eigenvalue weighted by molar-refractivity contribution is -0.138. The maximum atomic E-state index is 13.1. The predicted molar refractivity (Wildman–Crippen MR) is 77.9 cm³/mol. The molecule has 3 rings (SSSR count). The van der Waals surface area contributed by atoms with E-state index in [1.807, 2.05) is 6.92 Å². The van der Waals surface area contributed by atoms with Gasteiger partial charge in [-0.25, -0.2) is 4.98 Å². The van der Waals surface area contributed by atoms with Crippen LogP contribution in [0.2, 0.25) is 0 Å². The molecule has 6 heteroatoms. The molecule has 1 aromatic heterocycles. The zero-order chi connectivity index (χ0) is 15.0. The number of nitrogens with zero attached hydrogens (tertiary/aromatic N) is 2. The number of hydrogen-bond acceptors (Lipinski definition) is 3. The van der Waals surface area contributed by atoms with Gasteiger partial charge in [-0.3, -0.25) is 0 Å². The molecule has 1 aliphatic heterocycles. The summed E-state index contributed by atoms with van der Waals surface area (Å²) < 4.78 is 39.3. The summed E-state index contributed by atoms with van der Waals surface area (Å²) in [5.41, 5.74) is -0.104. The Labute approximate surface area is 125 Å². The van der Waals surface area contributed by atoms with Gasteiger partial charge in [-0.15, -0.1) is 11.3 Å². The Balaban J connectivity index is 1.84. The Morgan fingerprint density at radius 2 is 2.05 bits per heavy atom. The maximum absolute atomic E-state index is 13.1. The van der Waals surface area contributed by atoms with Crippen molar-refractivity contribution in [3.05, 3.63) is 46.5 Å². The molecule has 1 fully saturated rings. The van der Waals surface area contributed by atoms with Gasteiger partial charge in [-0.1, -0.05) is 18.2 Å². The maximum Gasteiger partial charge on any atom is 0.416 e. The second-order valence-corrected chi connectivity index (χ2v) is 6.48. The number of hydrogen-bond donors (Lipinski definition) is 0. The number of thiazole rings is 1. The molecule has 1 aliphatic rings. The first-order chi connectivity index (χ1) is 9.95. The Bertz CT molecular complexity index is 636. The van der Waals surface area contributed by atoms with Crippen molar-refractivity contribution in [1.82, 2.24) is 4.98 Å². The summed E-state index contributed by atoms with van der Waals surface area (Å²) in [5, 5.41) is 0.902. The van der Waals surface area contributed by atoms with E-state index < -0.39 is 11.7 Å². The molecule has 0 N–H and O–H groups in total. The van der Waals surface area contributed by atoms with Crippen molar-refractivity contribution < 1.29 is 13.2 Å². The van der Waals surface area contributed by atoms with Crippen LogP contribution in [0.3, 0.4) is 0 Å². The summed E-state index contributed by atoms with van der Waals surface area (Å²) in [5.74, 6) is -0.0907. The van der Waals surface area contributed by atoms with Crippen molar-refractivity contribution in [2.24, 2.45) is 0 Å². The van der Waals surface area contributed by atoms with E-state index in [4.69, 9.17) is 0 Å². The third-order valence-corrected chi connectivity index (χ3v) is 4.75. The van der Waals surface area contributed by atoms with Gasteiger partial charge in [0.15, 0.2) is 5.13 Å². The lowest BCUT2D eigenvalue weighted by atomic mass is 9.93. The summed E-state index contributed by atoms with van der Waals surface area (Å²) in [4.78, 5) is 7.51. The first-order valence-electron chi connectivity index (χ1n) is 6.78. The Morgan fingerprint density at radius 1 is 1.29 bits per heavy atom. The van der Waals surface area contributed by atoms with E-state index in [1.54, 1.807) is 29.7 Å². The van der Waals surface area contributed by atoms with Crippen molar-refractivity contribution in [1.29, 1.82) is 0 Å². The van der Waals surface area contributed by atoms with Gasteiger partial charge in [-0.2, -0.15) is 13.2 Å². The first kappa shape index (κ1) is 14.4. The Kier molecular flexibility index (Phi) is 3.65. The molecule has 0 bridgehead atoms. The van der Waals surface area contributed by atoms with Crippen LogP contribution in [0.25, 0.3) is 0 Å². The van der Waals surface area contributed by atoms with Gasteiger partial charge >= 0.3 is 6.18 Å². The van der Waals surface area contributed by atoms with E-state index in [0.717, 1.165) is 23.0 Å². The van der Waals surface area contributed by atoms with Crippen molar-refractivity contribution in [3.8, 4) is 0 Å². The lowest BCUT2D eigenvalue weighted by Gasteiger charge is -2.18. The molecule has 21 heavy (non-hydrogen) atoms. The molecule has 1 atom stereocenters. The quantitative estimate of drug-likeness (QED) is 0.813. The van der Waals surface area contributed by atoms with Crippen LogP contribution in [-0.2, 0) is 6.18 Å². The summed E-state index contributed by atoms with van der Waals surface area (Å²) in [7, 11) is 0. The number of rotatable bonds is 2. The summed E-state index contributed by atoms with van der Waals surface area (Å²) >= 11 is 1.58. The normalized spacial score (nSPS) is 19.2. The Morgan fingerprint density at radius 3 is 2.71 bits per heavy atom. The average molecular weight is 312 g/mol. The number of aromatic nitrogens is 1. The standard InChI is InChI=1S/C15H15F3N2S/c1-10-8-19-14(21-10)20-7-6-11(9-20)12-4-2-3-5-13(12)15(16,17)18/h2-5,8,11H,6-7,9H2,1H3. The molecule has 112 valence electrons. The molecule has 0 amide bonds. The smallest absolute Gasteiger partial charge is 0.347 e. The molecular formula is C15H15F3N2S. The monoisotopic (exact) mass is 312 g/mol. The fraction of sp³-hybridized carbons (Fsp3) is 0.400. The minimum atomic E-state index is -4.29. The SMILES string of the molecule is Cc1cnc(N2CCC(c3ccccc3C(F)(F)F)C2)s1. The van der Waals surface area contributed by atoms with Gasteiger partial charge in [0.1, 0.15) is 0 Å². The fourth-order valence-electron chi connectivity index (χ4n) is 2.79. The number of halogens is 3. The number of aryl methyl sites for hydroxylation is 1. The van der Waals surface area contributed by atoms with Gasteiger partial charge in [0.25, 0.3) is 0 Å². The number of benzene rings is 1. The second-order valence-electron chi connectivity index (χ2n) is 5.27. The first-order valence-corrected chi connectivity index (χ1v) is 7.60. The molecule has 2 aromatic rings. The van der Waals surface area contributed by atoms with Crippen LogP contribution in [0, 0.1) is 6.92 Å². The highest BCUT2D eigenvalue weighted by Crippen LogP contribution is 2.39. The summed E-state index contributed by atoms with van der Waals surface area (Å²) in [6.45, 7) is 3.33. The fourth-order valence-corrected chi connectivity index (χ4v) is 3.58. The van der Waals surface area contributed by atoms with Gasteiger partial charge in [0.05, 0.1) is 5.56 Å². The van der Waals surface area contributed by atoms with Crippen LogP contribution in [0.1, 0.15) is 28.3 Å². The minimum Gasteiger partial charge on any atom is -0.347 e. The zero-order valence-corrected chi connectivity index (χ0v) is 12.3. The van der Waals surface area contributed by atoms with Gasteiger partial charge in [-0.05, 0) is 25.0 Å². The van der Waals surface area contributed by atoms with Crippen molar-refractivity contribution in [2.45, 2.75) is 25.4 Å². The number of anilines is 1. The third-order valence-electron chi connectivity index (χ3n) is 3.77. The van der Waals surface area contributed by atoms with E-state index in [0.29, 0.717) is 12.1 Å². The van der Waals surface area contributed by atoms with Crippen molar-refractivity contribution in [2.75, 3.05) is 18.0 Å². The molecule has 1 aromatic carbocycles. The molecule has 1 unspecified atom stereocenters. The highest BCUT2D eigenvalue weighted by molar-refractivity contribution is 7.15. The van der Waals surface area contributed by atoms with Crippen LogP contribution >= 0.6 is 11.3 Å².